The predicted octanol–water partition coefficient (Wildman–Crippen LogP) is -0.307. The van der Waals surface area contributed by atoms with Crippen LogP contribution in [0.3, 0.4) is 0 Å². The summed E-state index contributed by atoms with van der Waals surface area (Å²) in [6, 6.07) is 0. The lowest BCUT2D eigenvalue weighted by atomic mass is 10.3. The van der Waals surface area contributed by atoms with E-state index in [0.29, 0.717) is 6.54 Å². The third kappa shape index (κ3) is 4.17. The van der Waals surface area contributed by atoms with Gasteiger partial charge in [0.2, 0.25) is 11.8 Å². The van der Waals surface area contributed by atoms with Gasteiger partial charge in [0.25, 0.3) is 5.56 Å². The molecule has 0 aromatic carbocycles. The second-order valence-corrected chi connectivity index (χ2v) is 6.46. The van der Waals surface area contributed by atoms with E-state index in [-0.39, 0.29) is 36.7 Å². The van der Waals surface area contributed by atoms with Gasteiger partial charge in [-0.15, -0.1) is 5.92 Å². The Balaban J connectivity index is 2.17. The van der Waals surface area contributed by atoms with Gasteiger partial charge in [-0.1, -0.05) is 5.92 Å². The van der Waals surface area contributed by atoms with Gasteiger partial charge in [-0.3, -0.25) is 13.9 Å². The number of nitrogens with one attached hydrogen (secondary N) is 1. The Bertz CT molecular complexity index is 1160. The maximum atomic E-state index is 12.8. The molecule has 166 valence electrons. The first kappa shape index (κ1) is 22.1. The Hall–Kier alpha value is -3.60. The molecule has 1 fully saturated rings. The molecule has 1 unspecified atom stereocenters. The summed E-state index contributed by atoms with van der Waals surface area (Å²) in [6.07, 6.45) is -6.57. The fraction of sp³-hybridized carbons (Fsp3) is 0.471. The number of piperazine rings is 1. The van der Waals surface area contributed by atoms with Gasteiger partial charge in [-0.2, -0.15) is 18.2 Å². The number of alkyl halides is 3. The molecule has 2 aromatic heterocycles. The zero-order valence-corrected chi connectivity index (χ0v) is 16.4. The number of halogens is 3. The van der Waals surface area contributed by atoms with Crippen molar-refractivity contribution in [3.63, 3.8) is 0 Å². The number of hydrogen-bond donors (Lipinski definition) is 2. The quantitative estimate of drug-likeness (QED) is 0.484. The second kappa shape index (κ2) is 8.26. The van der Waals surface area contributed by atoms with Gasteiger partial charge >= 0.3 is 18.1 Å². The lowest BCUT2D eigenvalue weighted by Gasteiger charge is -2.36. The minimum Gasteiger partial charge on any atom is -0.475 e. The van der Waals surface area contributed by atoms with Gasteiger partial charge in [-0.05, 0) is 6.92 Å². The van der Waals surface area contributed by atoms with Crippen molar-refractivity contribution in [2.24, 2.45) is 7.05 Å². The van der Waals surface area contributed by atoms with Crippen molar-refractivity contribution in [1.82, 2.24) is 24.4 Å². The molecule has 31 heavy (non-hydrogen) atoms. The van der Waals surface area contributed by atoms with Gasteiger partial charge in [0, 0.05) is 20.1 Å². The number of fused-ring (bicyclic) bond motifs is 1. The number of esters is 1. The standard InChI is InChI=1S/C17H17F3N6O5/c1-3-4-6-26-10-11(22-12(14(28)29)24(2)13(10)27)23-16(26)25-7-5-21-8-9(25)31-15(30)17(18,19)20/h9,21H,5-8H2,1-2H3,(H,28,29). The maximum Gasteiger partial charge on any atom is 0.491 e. The number of carbonyl (C=O) groups excluding carboxylic acids is 1. The Labute approximate surface area is 172 Å². The highest BCUT2D eigenvalue weighted by Gasteiger charge is 2.44. The highest BCUT2D eigenvalue weighted by Crippen LogP contribution is 2.25. The largest absolute Gasteiger partial charge is 0.491 e. The second-order valence-electron chi connectivity index (χ2n) is 6.46. The van der Waals surface area contributed by atoms with E-state index >= 15 is 0 Å². The average Bonchev–Trinajstić information content (AvgIpc) is 3.06. The first-order valence-corrected chi connectivity index (χ1v) is 8.91. The zero-order valence-electron chi connectivity index (χ0n) is 16.4. The topological polar surface area (TPSA) is 132 Å². The van der Waals surface area contributed by atoms with Crippen molar-refractivity contribution in [1.29, 1.82) is 0 Å². The van der Waals surface area contributed by atoms with Crippen molar-refractivity contribution in [3.8, 4) is 11.8 Å². The van der Waals surface area contributed by atoms with Crippen molar-refractivity contribution in [2.45, 2.75) is 25.9 Å². The van der Waals surface area contributed by atoms with E-state index in [0.717, 1.165) is 4.57 Å². The summed E-state index contributed by atoms with van der Waals surface area (Å²) in [5.74, 6) is 0.972. The molecule has 3 heterocycles. The van der Waals surface area contributed by atoms with Crippen LogP contribution in [0.2, 0.25) is 0 Å². The Morgan fingerprint density at radius 3 is 2.68 bits per heavy atom. The highest BCUT2D eigenvalue weighted by atomic mass is 19.4. The van der Waals surface area contributed by atoms with E-state index in [4.69, 9.17) is 0 Å². The molecule has 1 saturated heterocycles. The van der Waals surface area contributed by atoms with E-state index in [1.165, 1.54) is 16.5 Å². The van der Waals surface area contributed by atoms with Crippen LogP contribution < -0.4 is 15.8 Å². The van der Waals surface area contributed by atoms with Gasteiger partial charge in [0.15, 0.2) is 17.4 Å². The first-order valence-electron chi connectivity index (χ1n) is 8.91. The summed E-state index contributed by atoms with van der Waals surface area (Å²) in [5.41, 5.74) is -1.02. The van der Waals surface area contributed by atoms with Gasteiger partial charge < -0.3 is 20.1 Å². The van der Waals surface area contributed by atoms with Crippen LogP contribution >= 0.6 is 0 Å². The molecule has 3 rings (SSSR count). The molecule has 0 saturated carbocycles. The molecule has 2 aromatic rings. The lowest BCUT2D eigenvalue weighted by molar-refractivity contribution is -0.205. The normalized spacial score (nSPS) is 16.7. The van der Waals surface area contributed by atoms with E-state index in [1.54, 1.807) is 6.92 Å². The number of ether oxygens (including phenoxy) is 1. The molecule has 2 N–H and O–H groups in total. The van der Waals surface area contributed by atoms with E-state index in [1.807, 2.05) is 0 Å². The molecule has 1 atom stereocenters. The number of hydrogen-bond acceptors (Lipinski definition) is 8. The van der Waals surface area contributed by atoms with Gasteiger partial charge in [-0.25, -0.2) is 14.6 Å². The molecule has 14 heteroatoms. The summed E-state index contributed by atoms with van der Waals surface area (Å²) in [5, 5.41) is 12.1. The van der Waals surface area contributed by atoms with Gasteiger partial charge in [0.1, 0.15) is 0 Å². The number of carboxylic acids is 1. The molecular weight excluding hydrogens is 425 g/mol. The third-order valence-electron chi connectivity index (χ3n) is 4.50. The number of carbonyl (C=O) groups is 2. The molecule has 1 aliphatic rings. The van der Waals surface area contributed by atoms with E-state index in [9.17, 15) is 32.7 Å². The highest BCUT2D eigenvalue weighted by molar-refractivity contribution is 5.86. The van der Waals surface area contributed by atoms with Crippen LogP contribution in [-0.4, -0.2) is 68.2 Å². The van der Waals surface area contributed by atoms with Crippen LogP contribution in [0.5, 0.6) is 0 Å². The summed E-state index contributed by atoms with van der Waals surface area (Å²) >= 11 is 0. The third-order valence-corrected chi connectivity index (χ3v) is 4.50. The number of aromatic nitrogens is 4. The van der Waals surface area contributed by atoms with Crippen LogP contribution in [0.4, 0.5) is 19.1 Å². The zero-order chi connectivity index (χ0) is 22.9. The van der Waals surface area contributed by atoms with Gasteiger partial charge in [0.05, 0.1) is 13.1 Å². The fourth-order valence-electron chi connectivity index (χ4n) is 3.07. The molecular formula is C17H17F3N6O5. The maximum absolute atomic E-state index is 12.8. The Kier molecular flexibility index (Phi) is 5.89. The van der Waals surface area contributed by atoms with Crippen molar-refractivity contribution in [3.05, 3.63) is 16.2 Å². The van der Waals surface area contributed by atoms with Crippen LogP contribution in [0.15, 0.2) is 4.79 Å². The Morgan fingerprint density at radius 2 is 2.06 bits per heavy atom. The van der Waals surface area contributed by atoms with E-state index < -0.39 is 35.7 Å². The number of nitrogens with zero attached hydrogens (tertiary/aromatic N) is 5. The van der Waals surface area contributed by atoms with Crippen LogP contribution in [0.25, 0.3) is 11.2 Å². The van der Waals surface area contributed by atoms with Crippen LogP contribution in [0.1, 0.15) is 17.5 Å². The van der Waals surface area contributed by atoms with Crippen molar-refractivity contribution in [2.75, 3.05) is 24.5 Å². The van der Waals surface area contributed by atoms with Crippen LogP contribution in [0, 0.1) is 11.8 Å². The SMILES string of the molecule is CC#CCn1c(N2CCNCC2OC(=O)C(F)(F)F)nc2nc(C(=O)O)n(C)c(=O)c21. The summed E-state index contributed by atoms with van der Waals surface area (Å²) < 4.78 is 44.8. The molecule has 0 bridgehead atoms. The molecule has 11 nitrogen and oxygen atoms in total. The minimum atomic E-state index is -5.19. The number of anilines is 1. The summed E-state index contributed by atoms with van der Waals surface area (Å²) in [4.78, 5) is 44.9. The lowest BCUT2D eigenvalue weighted by Crippen LogP contribution is -2.55. The first-order chi connectivity index (χ1) is 14.6. The van der Waals surface area contributed by atoms with Crippen molar-refractivity contribution < 1.29 is 32.6 Å². The number of carboxylic acid groups (broad SMARTS) is 1. The van der Waals surface area contributed by atoms with E-state index in [2.05, 4.69) is 31.9 Å². The summed E-state index contributed by atoms with van der Waals surface area (Å²) in [6.45, 7) is 1.77. The fourth-order valence-corrected chi connectivity index (χ4v) is 3.07. The Morgan fingerprint density at radius 1 is 1.35 bits per heavy atom. The average molecular weight is 442 g/mol. The number of rotatable bonds is 4. The minimum absolute atomic E-state index is 0.0219. The molecule has 1 aliphatic heterocycles. The van der Waals surface area contributed by atoms with Crippen LogP contribution in [-0.2, 0) is 23.1 Å². The number of aromatic carboxylic acids is 1. The molecule has 0 aliphatic carbocycles. The molecule has 0 radical (unpaired) electrons. The number of imidazole rings is 1. The monoisotopic (exact) mass is 442 g/mol. The summed E-state index contributed by atoms with van der Waals surface area (Å²) in [7, 11) is 1.22. The smallest absolute Gasteiger partial charge is 0.475 e. The van der Waals surface area contributed by atoms with Crippen molar-refractivity contribution >= 4 is 29.1 Å². The molecule has 0 amide bonds. The predicted molar refractivity (Wildman–Crippen MR) is 99.3 cm³/mol. The molecule has 0 spiro atoms.